The Bertz CT molecular complexity index is 1660. The van der Waals surface area contributed by atoms with E-state index in [2.05, 4.69) is 0 Å². The molecule has 2 aromatic carbocycles. The van der Waals surface area contributed by atoms with Crippen molar-refractivity contribution >= 4 is 28.6 Å². The molecule has 0 radical (unpaired) electrons. The summed E-state index contributed by atoms with van der Waals surface area (Å²) >= 11 is 0. The van der Waals surface area contributed by atoms with Crippen LogP contribution in [0.2, 0.25) is 0 Å². The fraction of sp³-hybridized carbons (Fsp3) is 0.472. The van der Waals surface area contributed by atoms with Gasteiger partial charge >= 0.3 is 5.97 Å². The molecule has 5 rings (SSSR count). The standard InChI is InChI=1S/C36H42FN3O6/c1-21-30(45-5)16-15-27-31(21)38-32(23-11-13-25(37)14-12-23)39-33(27)46-26-18-28(22(2)41)29(19-26)34(42)40(4)17-9-7-6-8-10-24-20-36(24,3)35(43)44/h8,10-16,24,26,28-29H,6-7,9,17-20H2,1-5H3,(H,43,44)/b10-8-/t24-,26-,28+,29?,36+/m1/s1. The van der Waals surface area contributed by atoms with E-state index in [0.29, 0.717) is 59.7 Å². The van der Waals surface area contributed by atoms with E-state index >= 15 is 0 Å². The van der Waals surface area contributed by atoms with Crippen LogP contribution in [-0.4, -0.2) is 64.4 Å². The zero-order valence-corrected chi connectivity index (χ0v) is 27.1. The molecule has 244 valence electrons. The van der Waals surface area contributed by atoms with Crippen molar-refractivity contribution in [2.45, 2.75) is 65.4 Å². The van der Waals surface area contributed by atoms with Gasteiger partial charge in [0.15, 0.2) is 5.82 Å². The summed E-state index contributed by atoms with van der Waals surface area (Å²) in [6, 6.07) is 9.59. The number of nitrogens with zero attached hydrogens (tertiary/aromatic N) is 3. The number of aryl methyl sites for hydroxylation is 1. The number of fused-ring (bicyclic) bond motifs is 1. The fourth-order valence-corrected chi connectivity index (χ4v) is 6.48. The number of carbonyl (C=O) groups excluding carboxylic acids is 2. The Labute approximate surface area is 268 Å². The Balaban J connectivity index is 1.26. The molecule has 9 nitrogen and oxygen atoms in total. The average Bonchev–Trinajstić information content (AvgIpc) is 3.51. The quantitative estimate of drug-likeness (QED) is 0.170. The third-order valence-corrected chi connectivity index (χ3v) is 9.65. The first-order valence-corrected chi connectivity index (χ1v) is 15.9. The lowest BCUT2D eigenvalue weighted by atomic mass is 9.91. The Kier molecular flexibility index (Phi) is 9.74. The predicted molar refractivity (Wildman–Crippen MR) is 172 cm³/mol. The molecule has 5 atom stereocenters. The number of amides is 1. The second-order valence-corrected chi connectivity index (χ2v) is 12.9. The van der Waals surface area contributed by atoms with Gasteiger partial charge in [0, 0.05) is 30.6 Å². The summed E-state index contributed by atoms with van der Waals surface area (Å²) in [5.74, 6) is -0.724. The van der Waals surface area contributed by atoms with E-state index in [1.54, 1.807) is 38.1 Å². The zero-order chi connectivity index (χ0) is 33.2. The Morgan fingerprint density at radius 3 is 2.46 bits per heavy atom. The molecule has 0 spiro atoms. The molecule has 10 heteroatoms. The summed E-state index contributed by atoms with van der Waals surface area (Å²) < 4.78 is 25.7. The smallest absolute Gasteiger partial charge is 0.309 e. The van der Waals surface area contributed by atoms with Crippen molar-refractivity contribution in [3.05, 3.63) is 59.9 Å². The summed E-state index contributed by atoms with van der Waals surface area (Å²) in [6.07, 6.45) is 7.58. The lowest BCUT2D eigenvalue weighted by Gasteiger charge is -2.23. The lowest BCUT2D eigenvalue weighted by molar-refractivity contribution is -0.143. The summed E-state index contributed by atoms with van der Waals surface area (Å²) in [4.78, 5) is 48.8. The third-order valence-electron chi connectivity index (χ3n) is 9.65. The second-order valence-electron chi connectivity index (χ2n) is 12.9. The van der Waals surface area contributed by atoms with E-state index in [0.717, 1.165) is 24.8 Å². The van der Waals surface area contributed by atoms with Crippen molar-refractivity contribution in [3.8, 4) is 23.0 Å². The number of hydrogen-bond acceptors (Lipinski definition) is 7. The lowest BCUT2D eigenvalue weighted by Crippen LogP contribution is -2.37. The minimum absolute atomic E-state index is 0.0449. The molecule has 0 bridgehead atoms. The number of hydrogen-bond donors (Lipinski definition) is 1. The van der Waals surface area contributed by atoms with Gasteiger partial charge in [0.25, 0.3) is 0 Å². The maximum Gasteiger partial charge on any atom is 0.309 e. The monoisotopic (exact) mass is 631 g/mol. The van der Waals surface area contributed by atoms with E-state index in [1.807, 2.05) is 31.2 Å². The second kappa shape index (κ2) is 13.6. The zero-order valence-electron chi connectivity index (χ0n) is 27.1. The highest BCUT2D eigenvalue weighted by atomic mass is 19.1. The van der Waals surface area contributed by atoms with Crippen molar-refractivity contribution in [1.29, 1.82) is 0 Å². The summed E-state index contributed by atoms with van der Waals surface area (Å²) in [5, 5.41) is 9.96. The number of ketones is 1. The molecular weight excluding hydrogens is 589 g/mol. The fourth-order valence-electron chi connectivity index (χ4n) is 6.48. The minimum Gasteiger partial charge on any atom is -0.496 e. The van der Waals surface area contributed by atoms with Crippen molar-refractivity contribution in [2.75, 3.05) is 20.7 Å². The van der Waals surface area contributed by atoms with Crippen LogP contribution in [0.4, 0.5) is 4.39 Å². The molecule has 2 aliphatic carbocycles. The van der Waals surface area contributed by atoms with E-state index in [9.17, 15) is 23.9 Å². The van der Waals surface area contributed by atoms with E-state index < -0.39 is 29.3 Å². The van der Waals surface area contributed by atoms with Gasteiger partial charge in [0.2, 0.25) is 11.8 Å². The van der Waals surface area contributed by atoms with Crippen LogP contribution in [0, 0.1) is 35.9 Å². The summed E-state index contributed by atoms with van der Waals surface area (Å²) in [5.41, 5.74) is 1.44. The van der Waals surface area contributed by atoms with Crippen LogP contribution in [0.5, 0.6) is 11.6 Å². The third kappa shape index (κ3) is 6.90. The van der Waals surface area contributed by atoms with Crippen LogP contribution in [0.1, 0.15) is 57.9 Å². The van der Waals surface area contributed by atoms with Gasteiger partial charge in [-0.3, -0.25) is 14.4 Å². The number of rotatable bonds is 13. The van der Waals surface area contributed by atoms with Crippen molar-refractivity contribution in [3.63, 3.8) is 0 Å². The van der Waals surface area contributed by atoms with Crippen LogP contribution in [0.3, 0.4) is 0 Å². The van der Waals surface area contributed by atoms with Gasteiger partial charge in [-0.2, -0.15) is 4.98 Å². The highest BCUT2D eigenvalue weighted by Crippen LogP contribution is 2.53. The Morgan fingerprint density at radius 2 is 1.80 bits per heavy atom. The first-order valence-electron chi connectivity index (χ1n) is 15.9. The van der Waals surface area contributed by atoms with Crippen LogP contribution in [0.15, 0.2) is 48.6 Å². The Hall–Kier alpha value is -4.34. The number of unbranched alkanes of at least 4 members (excludes halogenated alkanes) is 2. The van der Waals surface area contributed by atoms with Crippen LogP contribution in [0.25, 0.3) is 22.3 Å². The molecule has 0 saturated heterocycles. The van der Waals surface area contributed by atoms with Gasteiger partial charge in [-0.1, -0.05) is 12.2 Å². The van der Waals surface area contributed by atoms with Crippen molar-refractivity contribution in [2.24, 2.45) is 23.2 Å². The normalized spacial score (nSPS) is 23.9. The molecule has 1 unspecified atom stereocenters. The predicted octanol–water partition coefficient (Wildman–Crippen LogP) is 6.41. The van der Waals surface area contributed by atoms with E-state index in [-0.39, 0.29) is 23.4 Å². The van der Waals surface area contributed by atoms with Gasteiger partial charge in [0.1, 0.15) is 23.5 Å². The molecule has 2 aliphatic rings. The van der Waals surface area contributed by atoms with Gasteiger partial charge < -0.3 is 19.5 Å². The largest absolute Gasteiger partial charge is 0.496 e. The first-order chi connectivity index (χ1) is 21.9. The number of carboxylic acids is 1. The number of carboxylic acid groups (broad SMARTS) is 1. The maximum absolute atomic E-state index is 13.7. The highest BCUT2D eigenvalue weighted by molar-refractivity contribution is 5.90. The number of allylic oxidation sites excluding steroid dienone is 2. The molecule has 1 N–H and O–H groups in total. The molecule has 46 heavy (non-hydrogen) atoms. The van der Waals surface area contributed by atoms with Crippen LogP contribution >= 0.6 is 0 Å². The number of aliphatic carboxylic acids is 1. The summed E-state index contributed by atoms with van der Waals surface area (Å²) in [7, 11) is 3.36. The molecule has 3 aromatic rings. The van der Waals surface area contributed by atoms with E-state index in [1.165, 1.54) is 19.1 Å². The van der Waals surface area contributed by atoms with Gasteiger partial charge in [-0.05, 0) is 102 Å². The number of benzene rings is 2. The summed E-state index contributed by atoms with van der Waals surface area (Å²) in [6.45, 7) is 5.76. The SMILES string of the molecule is COc1ccc2c(O[C@H]3CC(C(=O)N(C)CCCC/C=C\[C@@H]4C[C@]4(C)C(=O)O)[C@H](C(C)=O)C3)nc(-c3ccc(F)cc3)nc2c1C. The number of carbonyl (C=O) groups is 3. The van der Waals surface area contributed by atoms with E-state index in [4.69, 9.17) is 19.4 Å². The molecule has 0 aliphatic heterocycles. The average molecular weight is 632 g/mol. The molecule has 1 amide bonds. The molecule has 1 aromatic heterocycles. The number of ether oxygens (including phenoxy) is 2. The van der Waals surface area contributed by atoms with Crippen molar-refractivity contribution in [1.82, 2.24) is 14.9 Å². The topological polar surface area (TPSA) is 119 Å². The Morgan fingerprint density at radius 1 is 1.09 bits per heavy atom. The van der Waals surface area contributed by atoms with Gasteiger partial charge in [-0.25, -0.2) is 9.37 Å². The maximum atomic E-state index is 13.7. The number of halogens is 1. The van der Waals surface area contributed by atoms with Gasteiger partial charge in [-0.15, -0.1) is 0 Å². The number of methoxy groups -OCH3 is 1. The van der Waals surface area contributed by atoms with Crippen molar-refractivity contribution < 1.29 is 33.4 Å². The molecule has 2 fully saturated rings. The number of aromatic nitrogens is 2. The molecular formula is C36H42FN3O6. The minimum atomic E-state index is -0.749. The number of Topliss-reactive ketones (excluding diaryl/α,β-unsaturated/α-hetero) is 1. The van der Waals surface area contributed by atoms with Crippen LogP contribution in [-0.2, 0) is 14.4 Å². The first kappa shape index (κ1) is 33.0. The molecule has 2 saturated carbocycles. The van der Waals surface area contributed by atoms with Crippen LogP contribution < -0.4 is 9.47 Å². The molecule has 1 heterocycles. The highest BCUT2D eigenvalue weighted by Gasteiger charge is 2.54. The van der Waals surface area contributed by atoms with Gasteiger partial charge in [0.05, 0.1) is 29.3 Å².